The van der Waals surface area contributed by atoms with Gasteiger partial charge in [-0.3, -0.25) is 9.36 Å². The van der Waals surface area contributed by atoms with Gasteiger partial charge in [-0.15, -0.1) is 0 Å². The van der Waals surface area contributed by atoms with Gasteiger partial charge in [-0.2, -0.15) is 0 Å². The molecule has 30 heavy (non-hydrogen) atoms. The summed E-state index contributed by atoms with van der Waals surface area (Å²) in [6, 6.07) is 15.8. The molecular formula is C20H17N3O6S. The number of para-hydroxylation sites is 2. The van der Waals surface area contributed by atoms with Crippen LogP contribution in [0.25, 0.3) is 11.1 Å². The normalized spacial score (nSPS) is 11.6. The number of amides is 1. The summed E-state index contributed by atoms with van der Waals surface area (Å²) in [5.41, 5.74) is 1.31. The molecule has 0 unspecified atom stereocenters. The largest absolute Gasteiger partial charge is 0.468 e. The topological polar surface area (TPSA) is 124 Å². The molecule has 9 nitrogen and oxygen atoms in total. The van der Waals surface area contributed by atoms with Crippen LogP contribution in [0.4, 0.5) is 5.69 Å². The summed E-state index contributed by atoms with van der Waals surface area (Å²) in [7, 11) is -3.73. The van der Waals surface area contributed by atoms with Crippen molar-refractivity contribution in [1.82, 2.24) is 9.29 Å². The lowest BCUT2D eigenvalue weighted by Gasteiger charge is -2.08. The molecule has 0 spiro atoms. The third-order valence-corrected chi connectivity index (χ3v) is 5.76. The molecule has 2 aromatic carbocycles. The van der Waals surface area contributed by atoms with Crippen LogP contribution in [0, 0.1) is 0 Å². The zero-order chi connectivity index (χ0) is 21.1. The van der Waals surface area contributed by atoms with E-state index in [-0.39, 0.29) is 18.0 Å². The van der Waals surface area contributed by atoms with E-state index < -0.39 is 21.7 Å². The van der Waals surface area contributed by atoms with Gasteiger partial charge in [0.15, 0.2) is 5.58 Å². The zero-order valence-electron chi connectivity index (χ0n) is 15.6. The molecule has 4 rings (SSSR count). The molecule has 10 heteroatoms. The average molecular weight is 427 g/mol. The van der Waals surface area contributed by atoms with Crippen LogP contribution in [0.2, 0.25) is 0 Å². The van der Waals surface area contributed by atoms with Crippen LogP contribution in [-0.4, -0.2) is 18.9 Å². The van der Waals surface area contributed by atoms with Crippen LogP contribution in [0.5, 0.6) is 0 Å². The molecule has 1 amide bonds. The van der Waals surface area contributed by atoms with Gasteiger partial charge in [-0.1, -0.05) is 12.1 Å². The quantitative estimate of drug-likeness (QED) is 0.466. The molecule has 0 bridgehead atoms. The molecule has 0 saturated carbocycles. The number of fused-ring (bicyclic) bond motifs is 1. The summed E-state index contributed by atoms with van der Waals surface area (Å²) >= 11 is 0. The van der Waals surface area contributed by atoms with Crippen LogP contribution in [0.15, 0.2) is 85.5 Å². The number of sulfonamides is 1. The van der Waals surface area contributed by atoms with Gasteiger partial charge in [0, 0.05) is 5.69 Å². The molecule has 0 fully saturated rings. The van der Waals surface area contributed by atoms with Crippen molar-refractivity contribution in [2.24, 2.45) is 0 Å². The third-order valence-electron chi connectivity index (χ3n) is 4.34. The van der Waals surface area contributed by atoms with Crippen molar-refractivity contribution in [1.29, 1.82) is 0 Å². The lowest BCUT2D eigenvalue weighted by molar-refractivity contribution is -0.116. The number of oxazole rings is 1. The molecule has 2 N–H and O–H groups in total. The molecule has 0 aliphatic rings. The molecule has 154 valence electrons. The highest BCUT2D eigenvalue weighted by Crippen LogP contribution is 2.16. The Kier molecular flexibility index (Phi) is 5.25. The second-order valence-corrected chi connectivity index (χ2v) is 8.17. The number of benzene rings is 2. The molecule has 2 aromatic heterocycles. The minimum absolute atomic E-state index is 0.0290. The first-order valence-electron chi connectivity index (χ1n) is 8.93. The number of anilines is 1. The average Bonchev–Trinajstić information content (AvgIpc) is 3.35. The van der Waals surface area contributed by atoms with Crippen molar-refractivity contribution < 1.29 is 22.0 Å². The molecule has 0 aliphatic heterocycles. The van der Waals surface area contributed by atoms with Crippen molar-refractivity contribution in [3.8, 4) is 0 Å². The number of rotatable bonds is 7. The third kappa shape index (κ3) is 4.19. The Hall–Kier alpha value is -3.63. The molecule has 0 atom stereocenters. The Balaban J connectivity index is 1.42. The van der Waals surface area contributed by atoms with E-state index in [0.717, 1.165) is 0 Å². The highest BCUT2D eigenvalue weighted by atomic mass is 32.2. The van der Waals surface area contributed by atoms with Crippen molar-refractivity contribution >= 4 is 32.7 Å². The van der Waals surface area contributed by atoms with Gasteiger partial charge in [0.1, 0.15) is 12.3 Å². The van der Waals surface area contributed by atoms with Crippen LogP contribution >= 0.6 is 0 Å². The zero-order valence-corrected chi connectivity index (χ0v) is 16.4. The number of hydrogen-bond acceptors (Lipinski definition) is 6. The summed E-state index contributed by atoms with van der Waals surface area (Å²) in [5, 5.41) is 2.63. The molecule has 0 saturated heterocycles. The number of nitrogens with zero attached hydrogens (tertiary/aromatic N) is 1. The van der Waals surface area contributed by atoms with Crippen LogP contribution in [0.1, 0.15) is 5.76 Å². The van der Waals surface area contributed by atoms with E-state index >= 15 is 0 Å². The monoisotopic (exact) mass is 427 g/mol. The second kappa shape index (κ2) is 8.01. The first-order chi connectivity index (χ1) is 14.4. The standard InChI is InChI=1S/C20H17N3O6S/c24-19(13-23-17-5-1-2-6-18(17)29-20(23)25)22-14-7-9-16(10-8-14)30(26,27)21-12-15-4-3-11-28-15/h1-11,21H,12-13H2,(H,22,24). The Morgan fingerprint density at radius 2 is 1.77 bits per heavy atom. The fourth-order valence-corrected chi connectivity index (χ4v) is 3.88. The van der Waals surface area contributed by atoms with E-state index in [1.54, 1.807) is 36.4 Å². The fourth-order valence-electron chi connectivity index (χ4n) is 2.89. The first kappa shape index (κ1) is 19.7. The smallest absolute Gasteiger partial charge is 0.420 e. The minimum Gasteiger partial charge on any atom is -0.468 e. The molecule has 0 radical (unpaired) electrons. The van der Waals surface area contributed by atoms with Crippen molar-refractivity contribution in [3.05, 3.63) is 83.2 Å². The van der Waals surface area contributed by atoms with Gasteiger partial charge in [0.2, 0.25) is 15.9 Å². The minimum atomic E-state index is -3.73. The van der Waals surface area contributed by atoms with E-state index in [1.807, 2.05) is 0 Å². The maximum atomic E-state index is 12.3. The summed E-state index contributed by atoms with van der Waals surface area (Å²) in [5.74, 6) is -0.588. The lowest BCUT2D eigenvalue weighted by Crippen LogP contribution is -2.25. The lowest BCUT2D eigenvalue weighted by atomic mass is 10.3. The van der Waals surface area contributed by atoms with Gasteiger partial charge < -0.3 is 14.2 Å². The van der Waals surface area contributed by atoms with Gasteiger partial charge in [0.25, 0.3) is 0 Å². The summed E-state index contributed by atoms with van der Waals surface area (Å²) in [4.78, 5) is 24.3. The fraction of sp³-hybridized carbons (Fsp3) is 0.100. The van der Waals surface area contributed by atoms with Crippen LogP contribution in [0.3, 0.4) is 0 Å². The summed E-state index contributed by atoms with van der Waals surface area (Å²) < 4.78 is 38.5. The van der Waals surface area contributed by atoms with Gasteiger partial charge in [-0.05, 0) is 48.5 Å². The molecule has 4 aromatic rings. The van der Waals surface area contributed by atoms with Gasteiger partial charge >= 0.3 is 5.76 Å². The van der Waals surface area contributed by atoms with E-state index in [2.05, 4.69) is 10.0 Å². The van der Waals surface area contributed by atoms with E-state index in [1.165, 1.54) is 35.1 Å². The number of aromatic nitrogens is 1. The first-order valence-corrected chi connectivity index (χ1v) is 10.4. The molecule has 2 heterocycles. The number of carbonyl (C=O) groups is 1. The Morgan fingerprint density at radius 3 is 2.50 bits per heavy atom. The van der Waals surface area contributed by atoms with Gasteiger partial charge in [-0.25, -0.2) is 17.9 Å². The maximum Gasteiger partial charge on any atom is 0.420 e. The Labute approximate surface area is 171 Å². The van der Waals surface area contributed by atoms with Crippen LogP contribution in [-0.2, 0) is 27.9 Å². The second-order valence-electron chi connectivity index (χ2n) is 6.40. The van der Waals surface area contributed by atoms with Gasteiger partial charge in [0.05, 0.1) is 23.2 Å². The number of hydrogen-bond donors (Lipinski definition) is 2. The van der Waals surface area contributed by atoms with Crippen molar-refractivity contribution in [3.63, 3.8) is 0 Å². The Bertz CT molecular complexity index is 1340. The number of nitrogens with one attached hydrogen (secondary N) is 2. The summed E-state index contributed by atoms with van der Waals surface area (Å²) in [6.45, 7) is -0.207. The Morgan fingerprint density at radius 1 is 1.00 bits per heavy atom. The van der Waals surface area contributed by atoms with E-state index in [4.69, 9.17) is 8.83 Å². The maximum absolute atomic E-state index is 12.3. The SMILES string of the molecule is O=C(Cn1c(=O)oc2ccccc21)Nc1ccc(S(=O)(=O)NCc2ccco2)cc1. The van der Waals surface area contributed by atoms with E-state index in [0.29, 0.717) is 22.5 Å². The molecular weight excluding hydrogens is 410 g/mol. The van der Waals surface area contributed by atoms with Crippen molar-refractivity contribution in [2.75, 3.05) is 5.32 Å². The predicted octanol–water partition coefficient (Wildman–Crippen LogP) is 2.30. The highest BCUT2D eigenvalue weighted by Gasteiger charge is 2.15. The van der Waals surface area contributed by atoms with Crippen LogP contribution < -0.4 is 15.8 Å². The van der Waals surface area contributed by atoms with E-state index in [9.17, 15) is 18.0 Å². The predicted molar refractivity (Wildman–Crippen MR) is 108 cm³/mol. The highest BCUT2D eigenvalue weighted by molar-refractivity contribution is 7.89. The number of furan rings is 1. The summed E-state index contributed by atoms with van der Waals surface area (Å²) in [6.07, 6.45) is 1.46. The van der Waals surface area contributed by atoms with Crippen molar-refractivity contribution in [2.45, 2.75) is 18.0 Å². The number of carbonyl (C=O) groups excluding carboxylic acids is 1. The molecule has 0 aliphatic carbocycles.